The summed E-state index contributed by atoms with van der Waals surface area (Å²) in [5.74, 6) is 0.765. The van der Waals surface area contributed by atoms with Crippen molar-refractivity contribution in [3.8, 4) is 5.75 Å². The standard InChI is InChI=1S/C18H23N3O2/c1-18(2,3)16-9-14(20-21-16)10-19-17(22)13-8-12-6-4-5-7-15(12)23-11-13/h4-7,9,13H,8,10-11H2,1-3H3,(H,19,22)(H,20,21)/t13-/m1/s1. The number of amides is 1. The van der Waals surface area contributed by atoms with Crippen LogP contribution in [0.1, 0.15) is 37.7 Å². The van der Waals surface area contributed by atoms with Crippen LogP contribution in [0.3, 0.4) is 0 Å². The Labute approximate surface area is 136 Å². The third-order valence-corrected chi connectivity index (χ3v) is 4.10. The predicted molar refractivity (Wildman–Crippen MR) is 88.3 cm³/mol. The number of para-hydroxylation sites is 1. The number of H-pyrrole nitrogens is 1. The van der Waals surface area contributed by atoms with Gasteiger partial charge in [0.15, 0.2) is 0 Å². The van der Waals surface area contributed by atoms with E-state index in [-0.39, 0.29) is 17.2 Å². The van der Waals surface area contributed by atoms with E-state index in [1.54, 1.807) is 0 Å². The van der Waals surface area contributed by atoms with Crippen LogP contribution in [0, 0.1) is 5.92 Å². The van der Waals surface area contributed by atoms with Gasteiger partial charge in [-0.15, -0.1) is 0 Å². The Kier molecular flexibility index (Phi) is 4.11. The van der Waals surface area contributed by atoms with E-state index >= 15 is 0 Å². The minimum Gasteiger partial charge on any atom is -0.492 e. The molecule has 5 nitrogen and oxygen atoms in total. The number of rotatable bonds is 3. The van der Waals surface area contributed by atoms with Crippen LogP contribution in [0.5, 0.6) is 5.75 Å². The Hall–Kier alpha value is -2.30. The molecule has 1 aliphatic rings. The summed E-state index contributed by atoms with van der Waals surface area (Å²) in [5, 5.41) is 10.3. The van der Waals surface area contributed by atoms with Gasteiger partial charge in [-0.1, -0.05) is 39.0 Å². The molecule has 2 aromatic rings. The quantitative estimate of drug-likeness (QED) is 0.915. The van der Waals surface area contributed by atoms with E-state index in [9.17, 15) is 4.79 Å². The van der Waals surface area contributed by atoms with Crippen molar-refractivity contribution in [3.05, 3.63) is 47.3 Å². The van der Waals surface area contributed by atoms with Crippen molar-refractivity contribution in [2.75, 3.05) is 6.61 Å². The van der Waals surface area contributed by atoms with Crippen molar-refractivity contribution in [2.45, 2.75) is 39.2 Å². The van der Waals surface area contributed by atoms with Gasteiger partial charge in [-0.3, -0.25) is 9.89 Å². The number of carbonyl (C=O) groups is 1. The van der Waals surface area contributed by atoms with Gasteiger partial charge in [0.05, 0.1) is 23.9 Å². The zero-order valence-corrected chi connectivity index (χ0v) is 13.8. The van der Waals surface area contributed by atoms with Gasteiger partial charge in [0, 0.05) is 5.41 Å². The highest BCUT2D eigenvalue weighted by atomic mass is 16.5. The minimum atomic E-state index is -0.144. The van der Waals surface area contributed by atoms with Crippen molar-refractivity contribution in [3.63, 3.8) is 0 Å². The number of carbonyl (C=O) groups excluding carboxylic acids is 1. The number of hydrogen-bond donors (Lipinski definition) is 2. The number of aromatic nitrogens is 2. The number of benzene rings is 1. The van der Waals surface area contributed by atoms with Crippen LogP contribution in [0.15, 0.2) is 30.3 Å². The molecule has 5 heteroatoms. The molecule has 0 spiro atoms. The molecule has 1 atom stereocenters. The lowest BCUT2D eigenvalue weighted by molar-refractivity contribution is -0.126. The van der Waals surface area contributed by atoms with Crippen LogP contribution in [0.25, 0.3) is 0 Å². The molecule has 2 N–H and O–H groups in total. The lowest BCUT2D eigenvalue weighted by atomic mass is 9.92. The maximum atomic E-state index is 12.4. The molecule has 1 aromatic heterocycles. The fraction of sp³-hybridized carbons (Fsp3) is 0.444. The summed E-state index contributed by atoms with van der Waals surface area (Å²) in [6.45, 7) is 7.23. The van der Waals surface area contributed by atoms with Crippen LogP contribution in [-0.4, -0.2) is 22.7 Å². The summed E-state index contributed by atoms with van der Waals surface area (Å²) < 4.78 is 5.68. The molecule has 1 amide bonds. The summed E-state index contributed by atoms with van der Waals surface area (Å²) in [6.07, 6.45) is 0.720. The summed E-state index contributed by atoms with van der Waals surface area (Å²) in [7, 11) is 0. The molecule has 0 radical (unpaired) electrons. The molecule has 0 aliphatic carbocycles. The second-order valence-corrected chi connectivity index (χ2v) is 7.07. The second kappa shape index (κ2) is 6.07. The maximum absolute atomic E-state index is 12.4. The smallest absolute Gasteiger partial charge is 0.227 e. The van der Waals surface area contributed by atoms with Gasteiger partial charge in [0.25, 0.3) is 0 Å². The minimum absolute atomic E-state index is 0.000318. The van der Waals surface area contributed by atoms with Gasteiger partial charge in [0.1, 0.15) is 12.4 Å². The zero-order chi connectivity index (χ0) is 16.4. The summed E-state index contributed by atoms with van der Waals surface area (Å²) in [4.78, 5) is 12.4. The molecule has 122 valence electrons. The molecular weight excluding hydrogens is 290 g/mol. The van der Waals surface area contributed by atoms with Crippen molar-refractivity contribution in [1.29, 1.82) is 0 Å². The highest BCUT2D eigenvalue weighted by Crippen LogP contribution is 2.27. The zero-order valence-electron chi connectivity index (χ0n) is 13.8. The summed E-state index contributed by atoms with van der Waals surface area (Å²) >= 11 is 0. The monoisotopic (exact) mass is 313 g/mol. The molecule has 1 aromatic carbocycles. The van der Waals surface area contributed by atoms with E-state index in [1.807, 2.05) is 30.3 Å². The van der Waals surface area contributed by atoms with Crippen LogP contribution < -0.4 is 10.1 Å². The van der Waals surface area contributed by atoms with Crippen molar-refractivity contribution in [2.24, 2.45) is 5.92 Å². The number of aromatic amines is 1. The molecule has 1 aliphatic heterocycles. The molecule has 23 heavy (non-hydrogen) atoms. The summed E-state index contributed by atoms with van der Waals surface area (Å²) in [6, 6.07) is 9.89. The number of nitrogens with zero attached hydrogens (tertiary/aromatic N) is 1. The maximum Gasteiger partial charge on any atom is 0.227 e. The Balaban J connectivity index is 1.57. The second-order valence-electron chi connectivity index (χ2n) is 7.07. The molecule has 0 fully saturated rings. The molecule has 0 unspecified atom stereocenters. The molecular formula is C18H23N3O2. The first-order chi connectivity index (χ1) is 10.9. The first kappa shape index (κ1) is 15.6. The van der Waals surface area contributed by atoms with Crippen LogP contribution in [0.4, 0.5) is 0 Å². The normalized spacial score (nSPS) is 17.3. The van der Waals surface area contributed by atoms with Crippen molar-refractivity contribution in [1.82, 2.24) is 15.5 Å². The van der Waals surface area contributed by atoms with Crippen molar-refractivity contribution >= 4 is 5.91 Å². The Morgan fingerprint density at radius 3 is 2.91 bits per heavy atom. The van der Waals surface area contributed by atoms with E-state index in [1.165, 1.54) is 0 Å². The van der Waals surface area contributed by atoms with Crippen LogP contribution >= 0.6 is 0 Å². The van der Waals surface area contributed by atoms with E-state index in [4.69, 9.17) is 4.74 Å². The Bertz CT molecular complexity index is 700. The Morgan fingerprint density at radius 2 is 2.17 bits per heavy atom. The fourth-order valence-electron chi connectivity index (χ4n) is 2.66. The molecule has 0 saturated carbocycles. The first-order valence-electron chi connectivity index (χ1n) is 7.96. The van der Waals surface area contributed by atoms with Gasteiger partial charge >= 0.3 is 0 Å². The van der Waals surface area contributed by atoms with E-state index in [0.29, 0.717) is 13.2 Å². The molecule has 3 rings (SSSR count). The Morgan fingerprint density at radius 1 is 1.39 bits per heavy atom. The predicted octanol–water partition coefficient (Wildman–Crippen LogP) is 2.57. The SMILES string of the molecule is CC(C)(C)c1cc(CNC(=O)[C@H]2COc3ccccc3C2)[nH]n1. The van der Waals surface area contributed by atoms with Crippen molar-refractivity contribution < 1.29 is 9.53 Å². The first-order valence-corrected chi connectivity index (χ1v) is 7.96. The van der Waals surface area contributed by atoms with E-state index < -0.39 is 0 Å². The summed E-state index contributed by atoms with van der Waals surface area (Å²) in [5.41, 5.74) is 3.01. The number of hydrogen-bond acceptors (Lipinski definition) is 3. The topological polar surface area (TPSA) is 67.0 Å². The molecule has 0 saturated heterocycles. The van der Waals surface area contributed by atoms with E-state index in [2.05, 4.69) is 36.3 Å². The lowest BCUT2D eigenvalue weighted by Gasteiger charge is -2.24. The molecule has 0 bridgehead atoms. The van der Waals surface area contributed by atoms with Gasteiger partial charge in [-0.05, 0) is 24.1 Å². The largest absolute Gasteiger partial charge is 0.492 e. The van der Waals surface area contributed by atoms with Gasteiger partial charge in [-0.25, -0.2) is 0 Å². The number of fused-ring (bicyclic) bond motifs is 1. The highest BCUT2D eigenvalue weighted by Gasteiger charge is 2.25. The lowest BCUT2D eigenvalue weighted by Crippen LogP contribution is -2.37. The van der Waals surface area contributed by atoms with Crippen LogP contribution in [0.2, 0.25) is 0 Å². The van der Waals surface area contributed by atoms with E-state index in [0.717, 1.165) is 29.1 Å². The van der Waals surface area contributed by atoms with Gasteiger partial charge in [0.2, 0.25) is 5.91 Å². The average molecular weight is 313 g/mol. The van der Waals surface area contributed by atoms with Gasteiger partial charge < -0.3 is 10.1 Å². The third kappa shape index (κ3) is 3.55. The third-order valence-electron chi connectivity index (χ3n) is 4.10. The van der Waals surface area contributed by atoms with Gasteiger partial charge in [-0.2, -0.15) is 5.10 Å². The van der Waals surface area contributed by atoms with Crippen LogP contribution in [-0.2, 0) is 23.2 Å². The number of ether oxygens (including phenoxy) is 1. The number of nitrogens with one attached hydrogen (secondary N) is 2. The fourth-order valence-corrected chi connectivity index (χ4v) is 2.66. The average Bonchev–Trinajstić information content (AvgIpc) is 3.01. The molecule has 2 heterocycles. The highest BCUT2D eigenvalue weighted by molar-refractivity contribution is 5.79.